The zero-order valence-corrected chi connectivity index (χ0v) is 10.2. The van der Waals surface area contributed by atoms with Gasteiger partial charge in [-0.2, -0.15) is 0 Å². The first-order valence-electron chi connectivity index (χ1n) is 5.69. The summed E-state index contributed by atoms with van der Waals surface area (Å²) in [5, 5.41) is 14.3. The molecule has 1 rings (SSSR count). The summed E-state index contributed by atoms with van der Waals surface area (Å²) in [5.41, 5.74) is 0. The van der Waals surface area contributed by atoms with E-state index >= 15 is 0 Å². The molecule has 0 aliphatic heterocycles. The standard InChI is InChI=1S/C12H21NOS/c1-11(10-12-6-5-9-15-12)13-7-3-2-4-8-14/h5-6,9,11,13-14H,2-4,7-8,10H2,1H3. The van der Waals surface area contributed by atoms with Crippen LogP contribution in [-0.4, -0.2) is 24.3 Å². The van der Waals surface area contributed by atoms with E-state index in [1.807, 2.05) is 11.3 Å². The average Bonchev–Trinajstić information content (AvgIpc) is 2.70. The largest absolute Gasteiger partial charge is 0.396 e. The maximum Gasteiger partial charge on any atom is 0.0431 e. The number of rotatable bonds is 8. The fourth-order valence-electron chi connectivity index (χ4n) is 1.56. The molecular formula is C12H21NOS. The van der Waals surface area contributed by atoms with Crippen molar-refractivity contribution < 1.29 is 5.11 Å². The minimum absolute atomic E-state index is 0.324. The number of thiophene rings is 1. The Bertz CT molecular complexity index is 236. The molecule has 1 aromatic heterocycles. The van der Waals surface area contributed by atoms with Crippen LogP contribution >= 0.6 is 11.3 Å². The average molecular weight is 227 g/mol. The van der Waals surface area contributed by atoms with Crippen LogP contribution in [0.15, 0.2) is 17.5 Å². The zero-order chi connectivity index (χ0) is 10.9. The van der Waals surface area contributed by atoms with Crippen molar-refractivity contribution in [2.45, 2.75) is 38.6 Å². The molecule has 0 aliphatic carbocycles. The van der Waals surface area contributed by atoms with Crippen molar-refractivity contribution in [3.63, 3.8) is 0 Å². The van der Waals surface area contributed by atoms with Crippen LogP contribution in [0.4, 0.5) is 0 Å². The second kappa shape index (κ2) is 7.85. The van der Waals surface area contributed by atoms with Crippen LogP contribution in [0.3, 0.4) is 0 Å². The van der Waals surface area contributed by atoms with E-state index < -0.39 is 0 Å². The number of unbranched alkanes of at least 4 members (excludes halogenated alkanes) is 2. The number of aliphatic hydroxyl groups excluding tert-OH is 1. The van der Waals surface area contributed by atoms with E-state index in [1.165, 1.54) is 4.88 Å². The molecule has 1 aromatic rings. The highest BCUT2D eigenvalue weighted by Gasteiger charge is 2.02. The Morgan fingerprint density at radius 2 is 2.27 bits per heavy atom. The lowest BCUT2D eigenvalue weighted by molar-refractivity contribution is 0.282. The van der Waals surface area contributed by atoms with Crippen LogP contribution in [0.25, 0.3) is 0 Å². The summed E-state index contributed by atoms with van der Waals surface area (Å²) >= 11 is 1.83. The van der Waals surface area contributed by atoms with Crippen LogP contribution in [0.1, 0.15) is 31.1 Å². The van der Waals surface area contributed by atoms with Gasteiger partial charge in [0.2, 0.25) is 0 Å². The third-order valence-corrected chi connectivity index (χ3v) is 3.31. The third kappa shape index (κ3) is 5.92. The van der Waals surface area contributed by atoms with Gasteiger partial charge in [0.15, 0.2) is 0 Å². The second-order valence-corrected chi connectivity index (χ2v) is 4.96. The van der Waals surface area contributed by atoms with E-state index in [2.05, 4.69) is 29.8 Å². The quantitative estimate of drug-likeness (QED) is 0.669. The predicted octanol–water partition coefficient (Wildman–Crippen LogP) is 2.43. The number of hydrogen-bond donors (Lipinski definition) is 2. The molecule has 0 fully saturated rings. The maximum absolute atomic E-state index is 8.63. The zero-order valence-electron chi connectivity index (χ0n) is 9.41. The lowest BCUT2D eigenvalue weighted by Gasteiger charge is -2.12. The normalized spacial score (nSPS) is 12.9. The SMILES string of the molecule is CC(Cc1cccs1)NCCCCCO. The molecule has 0 saturated carbocycles. The summed E-state index contributed by atoms with van der Waals surface area (Å²) in [5.74, 6) is 0. The molecule has 1 heterocycles. The first-order valence-corrected chi connectivity index (χ1v) is 6.57. The molecule has 2 N–H and O–H groups in total. The Morgan fingerprint density at radius 3 is 2.93 bits per heavy atom. The van der Waals surface area contributed by atoms with Crippen molar-refractivity contribution >= 4 is 11.3 Å². The van der Waals surface area contributed by atoms with Gasteiger partial charge in [-0.15, -0.1) is 11.3 Å². The molecule has 0 radical (unpaired) electrons. The van der Waals surface area contributed by atoms with Crippen molar-refractivity contribution in [3.8, 4) is 0 Å². The van der Waals surface area contributed by atoms with Gasteiger partial charge in [-0.05, 0) is 50.6 Å². The van der Waals surface area contributed by atoms with Crippen LogP contribution < -0.4 is 5.32 Å². The van der Waals surface area contributed by atoms with Gasteiger partial charge in [0.1, 0.15) is 0 Å². The fourth-order valence-corrected chi connectivity index (χ4v) is 2.40. The van der Waals surface area contributed by atoms with Crippen molar-refractivity contribution in [2.75, 3.05) is 13.2 Å². The molecule has 0 saturated heterocycles. The highest BCUT2D eigenvalue weighted by atomic mass is 32.1. The van der Waals surface area contributed by atoms with Crippen molar-refractivity contribution in [1.29, 1.82) is 0 Å². The lowest BCUT2D eigenvalue weighted by Crippen LogP contribution is -2.28. The summed E-state index contributed by atoms with van der Waals surface area (Å²) in [6, 6.07) is 4.85. The molecule has 1 atom stereocenters. The number of hydrogen-bond acceptors (Lipinski definition) is 3. The molecular weight excluding hydrogens is 206 g/mol. The third-order valence-electron chi connectivity index (χ3n) is 2.42. The van der Waals surface area contributed by atoms with Gasteiger partial charge in [-0.25, -0.2) is 0 Å². The number of nitrogens with one attached hydrogen (secondary N) is 1. The van der Waals surface area contributed by atoms with E-state index in [4.69, 9.17) is 5.11 Å². The molecule has 2 nitrogen and oxygen atoms in total. The Labute approximate surface area is 96.3 Å². The summed E-state index contributed by atoms with van der Waals surface area (Å²) in [6.45, 7) is 3.61. The molecule has 0 bridgehead atoms. The molecule has 0 aliphatic rings. The summed E-state index contributed by atoms with van der Waals surface area (Å²) in [7, 11) is 0. The van der Waals surface area contributed by atoms with Gasteiger partial charge < -0.3 is 10.4 Å². The van der Waals surface area contributed by atoms with Gasteiger partial charge in [0.05, 0.1) is 0 Å². The van der Waals surface area contributed by atoms with Crippen molar-refractivity contribution in [2.24, 2.45) is 0 Å². The fraction of sp³-hybridized carbons (Fsp3) is 0.667. The van der Waals surface area contributed by atoms with Gasteiger partial charge in [-0.3, -0.25) is 0 Å². The summed E-state index contributed by atoms with van der Waals surface area (Å²) in [4.78, 5) is 1.45. The smallest absolute Gasteiger partial charge is 0.0431 e. The molecule has 1 unspecified atom stereocenters. The van der Waals surface area contributed by atoms with E-state index in [-0.39, 0.29) is 0 Å². The lowest BCUT2D eigenvalue weighted by atomic mass is 10.2. The molecule has 0 amide bonds. The van der Waals surface area contributed by atoms with Gasteiger partial charge in [-0.1, -0.05) is 6.07 Å². The van der Waals surface area contributed by atoms with E-state index in [1.54, 1.807) is 0 Å². The van der Waals surface area contributed by atoms with Gasteiger partial charge in [0.25, 0.3) is 0 Å². The van der Waals surface area contributed by atoms with Crippen LogP contribution in [0.2, 0.25) is 0 Å². The molecule has 86 valence electrons. The highest BCUT2D eigenvalue weighted by molar-refractivity contribution is 7.09. The first kappa shape index (κ1) is 12.7. The van der Waals surface area contributed by atoms with Gasteiger partial charge >= 0.3 is 0 Å². The predicted molar refractivity (Wildman–Crippen MR) is 66.4 cm³/mol. The maximum atomic E-state index is 8.63. The molecule has 3 heteroatoms. The first-order chi connectivity index (χ1) is 7.33. The highest BCUT2D eigenvalue weighted by Crippen LogP contribution is 2.10. The van der Waals surface area contributed by atoms with Crippen LogP contribution in [0, 0.1) is 0 Å². The molecule has 0 spiro atoms. The topological polar surface area (TPSA) is 32.3 Å². The van der Waals surface area contributed by atoms with Crippen LogP contribution in [-0.2, 0) is 6.42 Å². The van der Waals surface area contributed by atoms with E-state index in [0.29, 0.717) is 12.6 Å². The van der Waals surface area contributed by atoms with E-state index in [0.717, 1.165) is 32.2 Å². The Morgan fingerprint density at radius 1 is 1.40 bits per heavy atom. The Kier molecular flexibility index (Phi) is 6.64. The minimum atomic E-state index is 0.324. The monoisotopic (exact) mass is 227 g/mol. The second-order valence-electron chi connectivity index (χ2n) is 3.92. The van der Waals surface area contributed by atoms with Crippen molar-refractivity contribution in [3.05, 3.63) is 22.4 Å². The van der Waals surface area contributed by atoms with E-state index in [9.17, 15) is 0 Å². The van der Waals surface area contributed by atoms with Crippen LogP contribution in [0.5, 0.6) is 0 Å². The number of aliphatic hydroxyl groups is 1. The Hall–Kier alpha value is -0.380. The minimum Gasteiger partial charge on any atom is -0.396 e. The van der Waals surface area contributed by atoms with Gasteiger partial charge in [0, 0.05) is 17.5 Å². The summed E-state index contributed by atoms with van der Waals surface area (Å²) < 4.78 is 0. The Balaban J connectivity index is 2.01. The summed E-state index contributed by atoms with van der Waals surface area (Å²) in [6.07, 6.45) is 4.34. The van der Waals surface area contributed by atoms with Crippen molar-refractivity contribution in [1.82, 2.24) is 5.32 Å². The molecule has 15 heavy (non-hydrogen) atoms. The molecule has 0 aromatic carbocycles.